The van der Waals surface area contributed by atoms with Crippen molar-refractivity contribution in [1.82, 2.24) is 15.1 Å². The number of anilines is 1. The molecule has 2 bridgehead atoms. The Morgan fingerprint density at radius 2 is 1.79 bits per heavy atom. The first kappa shape index (κ1) is 25.6. The summed E-state index contributed by atoms with van der Waals surface area (Å²) < 4.78 is 6.36. The Balaban J connectivity index is 1.10. The van der Waals surface area contributed by atoms with E-state index in [9.17, 15) is 0 Å². The number of rotatable bonds is 7. The fraction of sp³-hybridized carbons (Fsp3) is 0.606. The van der Waals surface area contributed by atoms with Gasteiger partial charge in [0, 0.05) is 54.9 Å². The average molecular weight is 528 g/mol. The number of nitrogens with one attached hydrogen (secondary N) is 1. The second-order valence-electron chi connectivity index (χ2n) is 12.5. The Morgan fingerprint density at radius 1 is 1.03 bits per heavy atom. The summed E-state index contributed by atoms with van der Waals surface area (Å²) in [5.41, 5.74) is 4.52. The van der Waals surface area contributed by atoms with Crippen molar-refractivity contribution in [2.24, 2.45) is 4.99 Å². The Kier molecular flexibility index (Phi) is 7.12. The summed E-state index contributed by atoms with van der Waals surface area (Å²) in [4.78, 5) is 13.0. The third-order valence-electron chi connectivity index (χ3n) is 10.2. The van der Waals surface area contributed by atoms with Crippen molar-refractivity contribution in [1.29, 1.82) is 0 Å². The molecule has 0 amide bonds. The van der Waals surface area contributed by atoms with Crippen LogP contribution in [0.4, 0.5) is 5.69 Å². The van der Waals surface area contributed by atoms with Crippen LogP contribution in [-0.4, -0.2) is 85.9 Å². The molecule has 0 aliphatic carbocycles. The first-order valence-electron chi connectivity index (χ1n) is 15.6. The molecule has 2 aromatic rings. The van der Waals surface area contributed by atoms with Crippen molar-refractivity contribution in [2.45, 2.75) is 75.9 Å². The van der Waals surface area contributed by atoms with Gasteiger partial charge in [-0.3, -0.25) is 4.90 Å². The van der Waals surface area contributed by atoms with Crippen LogP contribution in [0.25, 0.3) is 10.8 Å². The molecule has 4 fully saturated rings. The van der Waals surface area contributed by atoms with Crippen molar-refractivity contribution in [3.63, 3.8) is 0 Å². The molecule has 0 radical (unpaired) electrons. The minimum absolute atomic E-state index is 0.296. The molecule has 2 atom stereocenters. The van der Waals surface area contributed by atoms with Gasteiger partial charge in [0.05, 0.1) is 6.61 Å². The molecule has 2 unspecified atom stereocenters. The van der Waals surface area contributed by atoms with Crippen LogP contribution >= 0.6 is 0 Å². The normalized spacial score (nSPS) is 26.9. The first-order valence-corrected chi connectivity index (χ1v) is 15.6. The molecule has 6 heteroatoms. The van der Waals surface area contributed by atoms with Gasteiger partial charge in [-0.25, -0.2) is 4.99 Å². The SMILES string of the molecule is CCc1cccc2cccc(N3CC=C(/C(=N\COCC45CCCN4CCC5)N4CC5CCC(C4)N5)CC3)c12. The van der Waals surface area contributed by atoms with Crippen LogP contribution < -0.4 is 10.2 Å². The molecule has 5 heterocycles. The summed E-state index contributed by atoms with van der Waals surface area (Å²) >= 11 is 0. The molecule has 39 heavy (non-hydrogen) atoms. The van der Waals surface area contributed by atoms with Crippen LogP contribution in [-0.2, 0) is 11.2 Å². The molecular formula is C33H45N5O. The molecular weight excluding hydrogens is 482 g/mol. The third-order valence-corrected chi connectivity index (χ3v) is 10.2. The van der Waals surface area contributed by atoms with Crippen molar-refractivity contribution >= 4 is 22.3 Å². The van der Waals surface area contributed by atoms with E-state index < -0.39 is 0 Å². The summed E-state index contributed by atoms with van der Waals surface area (Å²) in [7, 11) is 0. The van der Waals surface area contributed by atoms with Crippen LogP contribution in [0.3, 0.4) is 0 Å². The van der Waals surface area contributed by atoms with E-state index >= 15 is 0 Å². The molecule has 6 nitrogen and oxygen atoms in total. The lowest BCUT2D eigenvalue weighted by Crippen LogP contribution is -2.53. The molecule has 2 aromatic carbocycles. The molecule has 0 saturated carbocycles. The van der Waals surface area contributed by atoms with Crippen LogP contribution in [0.15, 0.2) is 53.0 Å². The lowest BCUT2D eigenvalue weighted by molar-refractivity contribution is 0.0387. The standard InChI is InChI=1S/C33H45N5O/c1-2-25-7-3-8-26-9-4-10-30(31(25)26)36-19-13-27(14-20-36)32(37-21-28-11-12-29(22-37)35-28)34-24-39-23-33-15-5-17-38(33)18-6-16-33/h3-4,7-10,13,28-29,35H,2,5-6,11-12,14-24H2,1H3/b34-32+. The summed E-state index contributed by atoms with van der Waals surface area (Å²) in [5.74, 6) is 1.20. The molecule has 208 valence electrons. The van der Waals surface area contributed by atoms with E-state index in [4.69, 9.17) is 9.73 Å². The average Bonchev–Trinajstić information content (AvgIpc) is 3.66. The summed E-state index contributed by atoms with van der Waals surface area (Å²) in [6.45, 7) is 10.2. The van der Waals surface area contributed by atoms with Crippen LogP contribution in [0.2, 0.25) is 0 Å². The molecule has 1 N–H and O–H groups in total. The minimum Gasteiger partial charge on any atom is -0.367 e. The molecule has 0 aromatic heterocycles. The number of aryl methyl sites for hydroxylation is 1. The molecule has 0 spiro atoms. The number of benzene rings is 2. The maximum atomic E-state index is 6.36. The van der Waals surface area contributed by atoms with Gasteiger partial charge < -0.3 is 19.9 Å². The number of nitrogens with zero attached hydrogens (tertiary/aromatic N) is 4. The van der Waals surface area contributed by atoms with E-state index in [-0.39, 0.29) is 0 Å². The van der Waals surface area contributed by atoms with E-state index in [1.807, 2.05) is 0 Å². The van der Waals surface area contributed by atoms with Crippen molar-refractivity contribution in [2.75, 3.05) is 57.5 Å². The molecule has 5 aliphatic rings. The second kappa shape index (κ2) is 10.9. The van der Waals surface area contributed by atoms with Crippen molar-refractivity contribution in [3.05, 3.63) is 53.6 Å². The van der Waals surface area contributed by atoms with Gasteiger partial charge in [-0.05, 0) is 87.0 Å². The van der Waals surface area contributed by atoms with Gasteiger partial charge in [0.2, 0.25) is 0 Å². The van der Waals surface area contributed by atoms with E-state index in [2.05, 4.69) is 69.4 Å². The zero-order valence-electron chi connectivity index (χ0n) is 23.7. The quantitative estimate of drug-likeness (QED) is 0.313. The highest BCUT2D eigenvalue weighted by Crippen LogP contribution is 2.39. The first-order chi connectivity index (χ1) is 19.2. The van der Waals surface area contributed by atoms with Crippen molar-refractivity contribution < 1.29 is 4.74 Å². The summed E-state index contributed by atoms with van der Waals surface area (Å²) in [6.07, 6.45) is 12.3. The number of amidine groups is 1. The van der Waals surface area contributed by atoms with Crippen LogP contribution in [0.1, 0.15) is 57.4 Å². The molecule has 5 aliphatic heterocycles. The van der Waals surface area contributed by atoms with E-state index in [0.717, 1.165) is 45.6 Å². The zero-order valence-corrected chi connectivity index (χ0v) is 23.7. The van der Waals surface area contributed by atoms with Crippen LogP contribution in [0.5, 0.6) is 0 Å². The number of likely N-dealkylation sites (tertiary alicyclic amines) is 1. The number of hydrogen-bond donors (Lipinski definition) is 1. The summed E-state index contributed by atoms with van der Waals surface area (Å²) in [5, 5.41) is 6.57. The van der Waals surface area contributed by atoms with Gasteiger partial charge in [-0.15, -0.1) is 0 Å². The Hall–Kier alpha value is -2.41. The maximum absolute atomic E-state index is 6.36. The van der Waals surface area contributed by atoms with E-state index in [0.29, 0.717) is 24.4 Å². The number of ether oxygens (including phenoxy) is 1. The fourth-order valence-electron chi connectivity index (χ4n) is 8.22. The third kappa shape index (κ3) is 4.89. The van der Waals surface area contributed by atoms with E-state index in [1.165, 1.54) is 85.0 Å². The Bertz CT molecular complexity index is 1230. The molecule has 4 saturated heterocycles. The van der Waals surface area contributed by atoms with Gasteiger partial charge in [-0.2, -0.15) is 0 Å². The summed E-state index contributed by atoms with van der Waals surface area (Å²) in [6, 6.07) is 14.7. The monoisotopic (exact) mass is 527 g/mol. The maximum Gasteiger partial charge on any atom is 0.139 e. The van der Waals surface area contributed by atoms with Gasteiger partial charge in [0.15, 0.2) is 0 Å². The van der Waals surface area contributed by atoms with Crippen LogP contribution in [0, 0.1) is 0 Å². The number of aliphatic imine (C=N–C) groups is 1. The van der Waals surface area contributed by atoms with E-state index in [1.54, 1.807) is 0 Å². The van der Waals surface area contributed by atoms with Gasteiger partial charge in [0.25, 0.3) is 0 Å². The van der Waals surface area contributed by atoms with Crippen molar-refractivity contribution in [3.8, 4) is 0 Å². The Morgan fingerprint density at radius 3 is 2.51 bits per heavy atom. The highest BCUT2D eigenvalue weighted by Gasteiger charge is 2.44. The second-order valence-corrected chi connectivity index (χ2v) is 12.5. The highest BCUT2D eigenvalue weighted by atomic mass is 16.5. The number of piperazine rings is 1. The predicted octanol–water partition coefficient (Wildman–Crippen LogP) is 4.98. The number of hydrogen-bond acceptors (Lipinski definition) is 5. The highest BCUT2D eigenvalue weighted by molar-refractivity contribution is 6.00. The molecule has 7 rings (SSSR count). The largest absolute Gasteiger partial charge is 0.367 e. The smallest absolute Gasteiger partial charge is 0.139 e. The minimum atomic E-state index is 0.296. The van der Waals surface area contributed by atoms with Gasteiger partial charge >= 0.3 is 0 Å². The lowest BCUT2D eigenvalue weighted by Gasteiger charge is -2.38. The topological polar surface area (TPSA) is 43.3 Å². The Labute approximate surface area is 234 Å². The van der Waals surface area contributed by atoms with Gasteiger partial charge in [-0.1, -0.05) is 43.3 Å². The predicted molar refractivity (Wildman–Crippen MR) is 161 cm³/mol. The fourth-order valence-corrected chi connectivity index (χ4v) is 8.22. The number of fused-ring (bicyclic) bond motifs is 4. The van der Waals surface area contributed by atoms with Gasteiger partial charge in [0.1, 0.15) is 12.6 Å². The lowest BCUT2D eigenvalue weighted by atomic mass is 9.95. The zero-order chi connectivity index (χ0) is 26.2.